The minimum absolute atomic E-state index is 0.0921. The Morgan fingerprint density at radius 1 is 1.09 bits per heavy atom. The molecule has 3 aromatic rings. The van der Waals surface area contributed by atoms with Crippen LogP contribution in [0.1, 0.15) is 55.8 Å². The van der Waals surface area contributed by atoms with E-state index < -0.39 is 22.2 Å². The van der Waals surface area contributed by atoms with E-state index in [9.17, 15) is 26.4 Å². The van der Waals surface area contributed by atoms with Crippen molar-refractivity contribution in [1.82, 2.24) is 10.1 Å². The van der Waals surface area contributed by atoms with Crippen LogP contribution in [0, 0.1) is 0 Å². The van der Waals surface area contributed by atoms with E-state index in [4.69, 9.17) is 13.8 Å². The predicted molar refractivity (Wildman–Crippen MR) is 152 cm³/mol. The number of nitrogens with zero attached hydrogens (tertiary/aromatic N) is 4. The number of rotatable bonds is 12. The summed E-state index contributed by atoms with van der Waals surface area (Å²) < 4.78 is 86.8. The van der Waals surface area contributed by atoms with Crippen molar-refractivity contribution >= 4 is 28.0 Å². The monoisotopic (exact) mass is 636 g/mol. The van der Waals surface area contributed by atoms with Crippen LogP contribution in [-0.4, -0.2) is 66.4 Å². The number of anilines is 2. The normalized spacial score (nSPS) is 21.8. The van der Waals surface area contributed by atoms with E-state index in [-0.39, 0.29) is 54.3 Å². The van der Waals surface area contributed by atoms with Crippen molar-refractivity contribution in [1.29, 1.82) is 0 Å². The molecule has 0 radical (unpaired) electrons. The van der Waals surface area contributed by atoms with Crippen LogP contribution in [0.4, 0.5) is 24.7 Å². The SMILES string of the molecule is O=CN(CCS(=O)(=O)O)c1ccc(N2C3CCC2CC(OCc2c(-c4ccccc4OC(F)(F)F)noc2C2CC2)C3)nc1. The summed E-state index contributed by atoms with van der Waals surface area (Å²) in [5.41, 5.74) is 1.54. The summed E-state index contributed by atoms with van der Waals surface area (Å²) in [5, 5.41) is 4.16. The van der Waals surface area contributed by atoms with Gasteiger partial charge in [-0.15, -0.1) is 13.2 Å². The van der Waals surface area contributed by atoms with E-state index in [1.165, 1.54) is 29.3 Å². The molecule has 236 valence electrons. The number of piperidine rings is 1. The molecule has 2 aliphatic heterocycles. The molecule has 3 aliphatic rings. The number of alkyl halides is 3. The summed E-state index contributed by atoms with van der Waals surface area (Å²) in [6.07, 6.45) is 2.22. The molecule has 1 saturated carbocycles. The van der Waals surface area contributed by atoms with Crippen LogP contribution in [0.3, 0.4) is 0 Å². The van der Waals surface area contributed by atoms with Crippen molar-refractivity contribution in [3.05, 3.63) is 53.9 Å². The molecule has 4 heterocycles. The first-order valence-electron chi connectivity index (χ1n) is 14.4. The maximum absolute atomic E-state index is 13.1. The first-order chi connectivity index (χ1) is 21.0. The minimum atomic E-state index is -4.85. The molecule has 1 aromatic carbocycles. The number of pyridine rings is 1. The minimum Gasteiger partial charge on any atom is -0.405 e. The molecule has 2 atom stereocenters. The Hall–Kier alpha value is -3.69. The molecule has 11 nitrogen and oxygen atoms in total. The zero-order valence-corrected chi connectivity index (χ0v) is 24.3. The van der Waals surface area contributed by atoms with E-state index in [0.717, 1.165) is 44.3 Å². The van der Waals surface area contributed by atoms with Crippen LogP contribution >= 0.6 is 0 Å². The lowest BCUT2D eigenvalue weighted by molar-refractivity contribution is -0.274. The average Bonchev–Trinajstić information content (AvgIpc) is 3.67. The van der Waals surface area contributed by atoms with Crippen LogP contribution < -0.4 is 14.5 Å². The topological polar surface area (TPSA) is 135 Å². The van der Waals surface area contributed by atoms with Crippen molar-refractivity contribution in [3.63, 3.8) is 0 Å². The third-order valence-corrected chi connectivity index (χ3v) is 9.03. The van der Waals surface area contributed by atoms with Gasteiger partial charge in [0, 0.05) is 35.7 Å². The number of hydrogen-bond donors (Lipinski definition) is 1. The highest BCUT2D eigenvalue weighted by atomic mass is 32.2. The molecule has 2 aromatic heterocycles. The molecule has 3 fully saturated rings. The van der Waals surface area contributed by atoms with Crippen molar-refractivity contribution < 1.29 is 44.9 Å². The average molecular weight is 637 g/mol. The standard InChI is InChI=1S/C29H31F3N4O7S/c30-29(31,32)42-25-4-2-1-3-23(25)27-24(28(43-34-27)18-5-6-18)16-41-22-13-19-7-8-20(14-22)36(19)26-10-9-21(15-33-26)35(17-37)11-12-44(38,39)40/h1-4,9-10,15,17-20,22H,5-8,11-14,16H2,(H,38,39,40). The predicted octanol–water partition coefficient (Wildman–Crippen LogP) is 5.08. The van der Waals surface area contributed by atoms with E-state index in [2.05, 4.69) is 19.8 Å². The summed E-state index contributed by atoms with van der Waals surface area (Å²) in [7, 11) is -4.22. The van der Waals surface area contributed by atoms with Gasteiger partial charge in [0.05, 0.1) is 30.3 Å². The lowest BCUT2D eigenvalue weighted by Crippen LogP contribution is -2.46. The van der Waals surface area contributed by atoms with E-state index in [1.54, 1.807) is 18.2 Å². The molecule has 15 heteroatoms. The number of amides is 1. The zero-order chi connectivity index (χ0) is 31.1. The first kappa shape index (κ1) is 30.3. The lowest BCUT2D eigenvalue weighted by atomic mass is 9.99. The van der Waals surface area contributed by atoms with Crippen LogP contribution in [0.5, 0.6) is 5.75 Å². The highest BCUT2D eigenvalue weighted by Crippen LogP contribution is 2.46. The van der Waals surface area contributed by atoms with Crippen LogP contribution in [0.15, 0.2) is 47.1 Å². The van der Waals surface area contributed by atoms with Gasteiger partial charge in [0.2, 0.25) is 6.41 Å². The van der Waals surface area contributed by atoms with Gasteiger partial charge in [-0.05, 0) is 62.8 Å². The quantitative estimate of drug-likeness (QED) is 0.212. The summed E-state index contributed by atoms with van der Waals surface area (Å²) in [6.45, 7) is -0.0538. The third kappa shape index (κ3) is 6.84. The van der Waals surface area contributed by atoms with Crippen LogP contribution in [-0.2, 0) is 26.3 Å². The number of hydrogen-bond acceptors (Lipinski definition) is 9. The Kier molecular flexibility index (Phi) is 8.28. The van der Waals surface area contributed by atoms with Crippen molar-refractivity contribution in [2.45, 2.75) is 75.6 Å². The van der Waals surface area contributed by atoms with E-state index in [1.807, 2.05) is 0 Å². The Morgan fingerprint density at radius 2 is 1.82 bits per heavy atom. The van der Waals surface area contributed by atoms with Crippen molar-refractivity contribution in [3.8, 4) is 17.0 Å². The van der Waals surface area contributed by atoms with Crippen molar-refractivity contribution in [2.24, 2.45) is 0 Å². The van der Waals surface area contributed by atoms with Crippen LogP contribution in [0.25, 0.3) is 11.3 Å². The molecule has 1 amide bonds. The number of carbonyl (C=O) groups excluding carboxylic acids is 1. The lowest BCUT2D eigenvalue weighted by Gasteiger charge is -2.39. The molecule has 2 unspecified atom stereocenters. The second-order valence-electron chi connectivity index (χ2n) is 11.3. The van der Waals surface area contributed by atoms with Gasteiger partial charge >= 0.3 is 6.36 Å². The fourth-order valence-corrected chi connectivity index (χ4v) is 6.64. The van der Waals surface area contributed by atoms with Gasteiger partial charge in [-0.1, -0.05) is 17.3 Å². The fraction of sp³-hybridized carbons (Fsp3) is 0.483. The van der Waals surface area contributed by atoms with Gasteiger partial charge in [-0.25, -0.2) is 4.98 Å². The summed E-state index contributed by atoms with van der Waals surface area (Å²) in [5.74, 6) is 0.612. The van der Waals surface area contributed by atoms with E-state index >= 15 is 0 Å². The number of carbonyl (C=O) groups is 1. The molecular weight excluding hydrogens is 605 g/mol. The zero-order valence-electron chi connectivity index (χ0n) is 23.5. The number of ether oxygens (including phenoxy) is 2. The molecule has 2 saturated heterocycles. The molecule has 1 aliphatic carbocycles. The summed E-state index contributed by atoms with van der Waals surface area (Å²) in [4.78, 5) is 19.4. The number of benzene rings is 1. The second kappa shape index (κ2) is 12.0. The summed E-state index contributed by atoms with van der Waals surface area (Å²) >= 11 is 0. The van der Waals surface area contributed by atoms with E-state index in [0.29, 0.717) is 23.4 Å². The van der Waals surface area contributed by atoms with Gasteiger partial charge < -0.3 is 23.8 Å². The van der Waals surface area contributed by atoms with Crippen molar-refractivity contribution in [2.75, 3.05) is 22.1 Å². The highest BCUT2D eigenvalue weighted by Gasteiger charge is 2.42. The maximum Gasteiger partial charge on any atom is 0.573 e. The Labute approximate surface area is 251 Å². The van der Waals surface area contributed by atoms with Gasteiger partial charge in [0.15, 0.2) is 0 Å². The summed E-state index contributed by atoms with van der Waals surface area (Å²) in [6, 6.07) is 9.67. The number of para-hydroxylation sites is 1. The smallest absolute Gasteiger partial charge is 0.405 e. The molecule has 6 rings (SSSR count). The molecule has 44 heavy (non-hydrogen) atoms. The molecule has 1 N–H and O–H groups in total. The highest BCUT2D eigenvalue weighted by molar-refractivity contribution is 7.85. The van der Waals surface area contributed by atoms with Gasteiger partial charge in [0.25, 0.3) is 10.1 Å². The largest absolute Gasteiger partial charge is 0.573 e. The van der Waals surface area contributed by atoms with Gasteiger partial charge in [0.1, 0.15) is 23.0 Å². The molecule has 0 spiro atoms. The van der Waals surface area contributed by atoms with Gasteiger partial charge in [-0.2, -0.15) is 8.42 Å². The second-order valence-corrected chi connectivity index (χ2v) is 12.9. The number of aromatic nitrogens is 2. The number of halogens is 3. The molecular formula is C29H31F3N4O7S. The Balaban J connectivity index is 1.14. The molecule has 2 bridgehead atoms. The number of fused-ring (bicyclic) bond motifs is 2. The third-order valence-electron chi connectivity index (χ3n) is 8.33. The van der Waals surface area contributed by atoms with Gasteiger partial charge in [-0.3, -0.25) is 9.35 Å². The maximum atomic E-state index is 13.1. The Morgan fingerprint density at radius 3 is 2.43 bits per heavy atom. The Bertz CT molecular complexity index is 1580. The first-order valence-corrected chi connectivity index (χ1v) is 16.0. The van der Waals surface area contributed by atoms with Crippen LogP contribution in [0.2, 0.25) is 0 Å². The fourth-order valence-electron chi connectivity index (χ4n) is 6.21.